The predicted octanol–water partition coefficient (Wildman–Crippen LogP) is 3.20. The number of nitrogens with one attached hydrogen (secondary N) is 3. The van der Waals surface area contributed by atoms with Crippen molar-refractivity contribution in [2.75, 3.05) is 7.05 Å². The number of Topliss-reactive ketones (excluding diaryl/α,β-unsaturated/α-hetero) is 1. The van der Waals surface area contributed by atoms with Crippen molar-refractivity contribution >= 4 is 34.6 Å². The van der Waals surface area contributed by atoms with Crippen LogP contribution in [-0.2, 0) is 17.5 Å². The Bertz CT molecular complexity index is 1380. The molecule has 9 nitrogen and oxygen atoms in total. The number of hydrogen-bond acceptors (Lipinski definition) is 8. The number of pyridine rings is 1. The van der Waals surface area contributed by atoms with Gasteiger partial charge < -0.3 is 16.5 Å². The first-order valence-corrected chi connectivity index (χ1v) is 11.8. The standard InChI is InChI=1S/C25H23F3N6O3S/c1-14(20(29)22(35)21(30-2)16-3-5-17(6-4-16)25(26,27)28)33-34-24(37)19-8-7-18(38-19)23(36)32-13-15-9-11-31-12-10-15/h3-12,33H,13,29H2,1-2H3,(H,32,36)(H,34,37). The highest BCUT2D eigenvalue weighted by molar-refractivity contribution is 7.15. The molecule has 2 amide bonds. The summed E-state index contributed by atoms with van der Waals surface area (Å²) in [6.07, 6.45) is -1.29. The Balaban J connectivity index is 1.60. The fourth-order valence-corrected chi connectivity index (χ4v) is 3.93. The SMILES string of the molecule is CN=C(C(=O)C(N)=C(C)NNC(=O)c1ccc(C(=O)NCc2ccncc2)s1)c1ccc(C(F)(F)F)cc1. The van der Waals surface area contributed by atoms with Crippen LogP contribution >= 0.6 is 11.3 Å². The number of amides is 2. The second-order valence-corrected chi connectivity index (χ2v) is 8.88. The highest BCUT2D eigenvalue weighted by Gasteiger charge is 2.30. The normalized spacial score (nSPS) is 12.4. The molecule has 0 aliphatic carbocycles. The topological polar surface area (TPSA) is 139 Å². The molecular weight excluding hydrogens is 521 g/mol. The van der Waals surface area contributed by atoms with Gasteiger partial charge in [-0.3, -0.25) is 29.8 Å². The van der Waals surface area contributed by atoms with Crippen LogP contribution < -0.4 is 21.9 Å². The maximum Gasteiger partial charge on any atom is 0.416 e. The van der Waals surface area contributed by atoms with E-state index >= 15 is 0 Å². The Kier molecular flexibility index (Phi) is 8.97. The number of ketones is 1. The second kappa shape index (κ2) is 12.1. The fraction of sp³-hybridized carbons (Fsp3) is 0.160. The van der Waals surface area contributed by atoms with Crippen molar-refractivity contribution in [3.8, 4) is 0 Å². The Morgan fingerprint density at radius 2 is 1.55 bits per heavy atom. The van der Waals surface area contributed by atoms with Crippen LogP contribution in [0.4, 0.5) is 13.2 Å². The molecule has 0 saturated carbocycles. The van der Waals surface area contributed by atoms with Crippen molar-refractivity contribution in [2.45, 2.75) is 19.6 Å². The zero-order valence-corrected chi connectivity index (χ0v) is 21.0. The van der Waals surface area contributed by atoms with Crippen molar-refractivity contribution in [2.24, 2.45) is 10.7 Å². The van der Waals surface area contributed by atoms with E-state index in [1.807, 2.05) is 0 Å². The summed E-state index contributed by atoms with van der Waals surface area (Å²) in [5.74, 6) is -1.66. The summed E-state index contributed by atoms with van der Waals surface area (Å²) in [4.78, 5) is 46.0. The molecule has 5 N–H and O–H groups in total. The molecule has 0 bridgehead atoms. The van der Waals surface area contributed by atoms with E-state index < -0.39 is 23.4 Å². The van der Waals surface area contributed by atoms with E-state index in [4.69, 9.17) is 5.73 Å². The Morgan fingerprint density at radius 1 is 0.947 bits per heavy atom. The Hall–Kier alpha value is -4.52. The van der Waals surface area contributed by atoms with Crippen LogP contribution in [0.5, 0.6) is 0 Å². The second-order valence-electron chi connectivity index (χ2n) is 7.80. The molecule has 0 aliphatic heterocycles. The van der Waals surface area contributed by atoms with Crippen LogP contribution in [0, 0.1) is 0 Å². The van der Waals surface area contributed by atoms with E-state index in [-0.39, 0.29) is 33.5 Å². The van der Waals surface area contributed by atoms with Crippen LogP contribution in [0.3, 0.4) is 0 Å². The fourth-order valence-electron chi connectivity index (χ4n) is 3.11. The summed E-state index contributed by atoms with van der Waals surface area (Å²) in [5, 5.41) is 2.75. The van der Waals surface area contributed by atoms with Gasteiger partial charge in [0, 0.05) is 31.5 Å². The van der Waals surface area contributed by atoms with Crippen LogP contribution in [0.2, 0.25) is 0 Å². The highest BCUT2D eigenvalue weighted by atomic mass is 32.1. The molecule has 0 radical (unpaired) electrons. The van der Waals surface area contributed by atoms with Crippen molar-refractivity contribution in [1.82, 2.24) is 21.2 Å². The number of benzene rings is 1. The molecule has 38 heavy (non-hydrogen) atoms. The van der Waals surface area contributed by atoms with Crippen molar-refractivity contribution in [3.05, 3.63) is 98.8 Å². The first-order valence-electron chi connectivity index (χ1n) is 11.0. The molecular formula is C25H23F3N6O3S. The average Bonchev–Trinajstić information content (AvgIpc) is 3.41. The van der Waals surface area contributed by atoms with E-state index in [1.165, 1.54) is 26.1 Å². The number of carbonyl (C=O) groups is 3. The lowest BCUT2D eigenvalue weighted by atomic mass is 10.0. The van der Waals surface area contributed by atoms with Crippen LogP contribution in [0.25, 0.3) is 0 Å². The first-order chi connectivity index (χ1) is 18.0. The molecule has 0 spiro atoms. The molecule has 198 valence electrons. The number of thiophene rings is 1. The molecule has 2 aromatic heterocycles. The molecule has 1 aromatic carbocycles. The van der Waals surface area contributed by atoms with Gasteiger partial charge in [0.05, 0.1) is 21.0 Å². The van der Waals surface area contributed by atoms with Gasteiger partial charge in [0.25, 0.3) is 11.8 Å². The minimum absolute atomic E-state index is 0.0864. The summed E-state index contributed by atoms with van der Waals surface area (Å²) in [7, 11) is 1.31. The highest BCUT2D eigenvalue weighted by Crippen LogP contribution is 2.29. The van der Waals surface area contributed by atoms with E-state index in [1.54, 1.807) is 24.5 Å². The first kappa shape index (κ1) is 28.1. The average molecular weight is 545 g/mol. The minimum atomic E-state index is -4.52. The van der Waals surface area contributed by atoms with Crippen molar-refractivity contribution < 1.29 is 27.6 Å². The van der Waals surface area contributed by atoms with Crippen molar-refractivity contribution in [1.29, 1.82) is 0 Å². The molecule has 0 fully saturated rings. The largest absolute Gasteiger partial charge is 0.416 e. The maximum absolute atomic E-state index is 12.8. The molecule has 13 heteroatoms. The lowest BCUT2D eigenvalue weighted by Gasteiger charge is -2.12. The molecule has 0 aliphatic rings. The molecule has 0 atom stereocenters. The molecule has 2 heterocycles. The Morgan fingerprint density at radius 3 is 2.13 bits per heavy atom. The van der Waals surface area contributed by atoms with Gasteiger partial charge in [0.15, 0.2) is 0 Å². The monoisotopic (exact) mass is 544 g/mol. The number of hydrazine groups is 1. The van der Waals surface area contributed by atoms with Gasteiger partial charge in [-0.1, -0.05) is 12.1 Å². The van der Waals surface area contributed by atoms with E-state index in [2.05, 4.69) is 26.1 Å². The molecule has 0 unspecified atom stereocenters. The van der Waals surface area contributed by atoms with Gasteiger partial charge in [-0.15, -0.1) is 11.3 Å². The van der Waals surface area contributed by atoms with Crippen LogP contribution in [0.15, 0.2) is 77.3 Å². The van der Waals surface area contributed by atoms with Gasteiger partial charge in [0.2, 0.25) is 5.78 Å². The van der Waals surface area contributed by atoms with Crippen LogP contribution in [-0.4, -0.2) is 35.3 Å². The summed E-state index contributed by atoms with van der Waals surface area (Å²) in [6, 6.07) is 10.5. The van der Waals surface area contributed by atoms with Gasteiger partial charge in [-0.2, -0.15) is 13.2 Å². The number of carbonyl (C=O) groups excluding carboxylic acids is 3. The number of nitrogens with two attached hydrogens (primary N) is 1. The number of aromatic nitrogens is 1. The number of halogens is 3. The number of allylic oxidation sites excluding steroid dienone is 2. The van der Waals surface area contributed by atoms with E-state index in [0.717, 1.165) is 41.2 Å². The Labute approximate surface area is 219 Å². The van der Waals surface area contributed by atoms with Gasteiger partial charge in [-0.05, 0) is 48.9 Å². The predicted molar refractivity (Wildman–Crippen MR) is 136 cm³/mol. The summed E-state index contributed by atoms with van der Waals surface area (Å²) in [5.41, 5.74) is 10.7. The third kappa shape index (κ3) is 7.03. The van der Waals surface area contributed by atoms with E-state index in [9.17, 15) is 27.6 Å². The lowest BCUT2D eigenvalue weighted by molar-refractivity contribution is -0.137. The zero-order valence-electron chi connectivity index (χ0n) is 20.2. The molecule has 3 rings (SSSR count). The third-order valence-corrected chi connectivity index (χ3v) is 6.28. The molecule has 0 saturated heterocycles. The number of nitrogens with zero attached hydrogens (tertiary/aromatic N) is 2. The maximum atomic E-state index is 12.8. The van der Waals surface area contributed by atoms with Gasteiger partial charge in [-0.25, -0.2) is 0 Å². The third-order valence-electron chi connectivity index (χ3n) is 5.19. The van der Waals surface area contributed by atoms with Gasteiger partial charge in [0.1, 0.15) is 11.4 Å². The van der Waals surface area contributed by atoms with Crippen LogP contribution in [0.1, 0.15) is 43.0 Å². The van der Waals surface area contributed by atoms with Crippen molar-refractivity contribution in [3.63, 3.8) is 0 Å². The summed E-state index contributed by atoms with van der Waals surface area (Å²) >= 11 is 0.969. The zero-order chi connectivity index (χ0) is 27.9. The smallest absolute Gasteiger partial charge is 0.394 e. The van der Waals surface area contributed by atoms with Gasteiger partial charge >= 0.3 is 6.18 Å². The quantitative estimate of drug-likeness (QED) is 0.185. The minimum Gasteiger partial charge on any atom is -0.394 e. The number of rotatable bonds is 9. The van der Waals surface area contributed by atoms with E-state index in [0.29, 0.717) is 11.4 Å². The lowest BCUT2D eigenvalue weighted by Crippen LogP contribution is -2.38. The number of hydrogen-bond donors (Lipinski definition) is 4. The number of alkyl halides is 3. The number of aliphatic imine (C=N–C) groups is 1. The molecule has 3 aromatic rings. The summed E-state index contributed by atoms with van der Waals surface area (Å²) in [6.45, 7) is 1.73. The summed E-state index contributed by atoms with van der Waals surface area (Å²) < 4.78 is 38.5.